The maximum atomic E-state index is 6.18. The number of halogens is 1. The van der Waals surface area contributed by atoms with Crippen molar-refractivity contribution in [1.82, 2.24) is 19.3 Å². The minimum absolute atomic E-state index is 0.448. The van der Waals surface area contributed by atoms with Crippen LogP contribution in [-0.2, 0) is 19.3 Å². The highest BCUT2D eigenvalue weighted by Gasteiger charge is 2.27. The van der Waals surface area contributed by atoms with E-state index in [2.05, 4.69) is 23.5 Å². The average molecular weight is 309 g/mol. The van der Waals surface area contributed by atoms with Gasteiger partial charge in [0.2, 0.25) is 0 Å². The predicted molar refractivity (Wildman–Crippen MR) is 86.7 cm³/mol. The minimum Gasteiger partial charge on any atom is -0.309 e. The lowest BCUT2D eigenvalue weighted by atomic mass is 9.84. The second-order valence-electron chi connectivity index (χ2n) is 6.27. The van der Waals surface area contributed by atoms with Gasteiger partial charge in [-0.25, -0.2) is 4.98 Å². The Bertz CT molecular complexity index is 622. The fourth-order valence-corrected chi connectivity index (χ4v) is 4.02. The largest absolute Gasteiger partial charge is 0.309 e. The van der Waals surface area contributed by atoms with E-state index in [4.69, 9.17) is 16.6 Å². The quantitative estimate of drug-likeness (QED) is 0.793. The Kier molecular flexibility index (Phi) is 4.25. The Labute approximate surface area is 131 Å². The lowest BCUT2D eigenvalue weighted by Crippen LogP contribution is -2.21. The van der Waals surface area contributed by atoms with Crippen LogP contribution in [-0.4, -0.2) is 19.3 Å². The van der Waals surface area contributed by atoms with Gasteiger partial charge in [-0.1, -0.05) is 26.2 Å². The van der Waals surface area contributed by atoms with Crippen molar-refractivity contribution in [3.8, 4) is 0 Å². The van der Waals surface area contributed by atoms with E-state index in [9.17, 15) is 0 Å². The third-order valence-corrected chi connectivity index (χ3v) is 5.24. The van der Waals surface area contributed by atoms with E-state index in [1.807, 2.05) is 11.7 Å². The first-order valence-corrected chi connectivity index (χ1v) is 8.69. The van der Waals surface area contributed by atoms with Gasteiger partial charge in [0.1, 0.15) is 11.3 Å². The summed E-state index contributed by atoms with van der Waals surface area (Å²) >= 11 is 6.18. The van der Waals surface area contributed by atoms with Crippen LogP contribution in [0.5, 0.6) is 0 Å². The van der Waals surface area contributed by atoms with Gasteiger partial charge in [-0.15, -0.1) is 11.6 Å². The molecule has 116 valence electrons. The summed E-state index contributed by atoms with van der Waals surface area (Å²) in [7, 11) is 2.02. The topological polar surface area (TPSA) is 35.6 Å². The number of aromatic nitrogens is 4. The van der Waals surface area contributed by atoms with Crippen molar-refractivity contribution in [2.75, 3.05) is 0 Å². The highest BCUT2D eigenvalue weighted by atomic mass is 35.5. The Morgan fingerprint density at radius 2 is 2.00 bits per heavy atom. The highest BCUT2D eigenvalue weighted by molar-refractivity contribution is 6.16. The summed E-state index contributed by atoms with van der Waals surface area (Å²) in [5.74, 6) is 2.19. The van der Waals surface area contributed by atoms with Gasteiger partial charge in [0.25, 0.3) is 0 Å². The van der Waals surface area contributed by atoms with Crippen LogP contribution in [0.2, 0.25) is 0 Å². The Morgan fingerprint density at radius 3 is 2.62 bits per heavy atom. The number of hydrogen-bond donors (Lipinski definition) is 0. The molecule has 0 bridgehead atoms. The molecule has 1 aliphatic rings. The first kappa shape index (κ1) is 14.9. The molecule has 0 radical (unpaired) electrons. The summed E-state index contributed by atoms with van der Waals surface area (Å²) in [4.78, 5) is 4.79. The predicted octanol–water partition coefficient (Wildman–Crippen LogP) is 4.21. The SMILES string of the molecule is CCc1nn(C)c2c1nc(CCl)n2C(C)C1CCCCC1. The molecule has 4 nitrogen and oxygen atoms in total. The normalized spacial score (nSPS) is 18.5. The number of hydrogen-bond acceptors (Lipinski definition) is 2. The molecule has 0 aliphatic heterocycles. The van der Waals surface area contributed by atoms with Crippen molar-refractivity contribution in [3.05, 3.63) is 11.5 Å². The van der Waals surface area contributed by atoms with Crippen LogP contribution in [0.3, 0.4) is 0 Å². The molecule has 2 aromatic rings. The van der Waals surface area contributed by atoms with Crippen LogP contribution in [0.25, 0.3) is 11.2 Å². The molecule has 1 atom stereocenters. The van der Waals surface area contributed by atoms with Crippen LogP contribution in [0.15, 0.2) is 0 Å². The van der Waals surface area contributed by atoms with Crippen LogP contribution >= 0.6 is 11.6 Å². The molecule has 1 aliphatic carbocycles. The first-order valence-electron chi connectivity index (χ1n) is 8.16. The molecule has 21 heavy (non-hydrogen) atoms. The number of aryl methyl sites for hydroxylation is 2. The molecule has 0 amide bonds. The van der Waals surface area contributed by atoms with E-state index in [-0.39, 0.29) is 0 Å². The van der Waals surface area contributed by atoms with Gasteiger partial charge in [-0.05, 0) is 32.1 Å². The molecule has 0 saturated heterocycles. The average Bonchev–Trinajstić information content (AvgIpc) is 3.05. The number of alkyl halides is 1. The van der Waals surface area contributed by atoms with Crippen LogP contribution in [0.4, 0.5) is 0 Å². The van der Waals surface area contributed by atoms with Crippen LogP contribution in [0.1, 0.15) is 63.5 Å². The highest BCUT2D eigenvalue weighted by Crippen LogP contribution is 2.36. The summed E-state index contributed by atoms with van der Waals surface area (Å²) in [5.41, 5.74) is 3.26. The molecule has 0 aromatic carbocycles. The zero-order chi connectivity index (χ0) is 15.0. The van der Waals surface area contributed by atoms with Crippen molar-refractivity contribution in [1.29, 1.82) is 0 Å². The molecule has 1 fully saturated rings. The number of rotatable bonds is 4. The van der Waals surface area contributed by atoms with Crippen LogP contribution < -0.4 is 0 Å². The maximum absolute atomic E-state index is 6.18. The van der Waals surface area contributed by atoms with E-state index in [0.29, 0.717) is 11.9 Å². The molecule has 0 spiro atoms. The monoisotopic (exact) mass is 308 g/mol. The molecule has 2 heterocycles. The first-order chi connectivity index (χ1) is 10.2. The summed E-state index contributed by atoms with van der Waals surface area (Å²) in [6, 6.07) is 0.448. The number of fused-ring (bicyclic) bond motifs is 1. The third-order valence-electron chi connectivity index (χ3n) is 5.00. The van der Waals surface area contributed by atoms with Gasteiger partial charge in [0.15, 0.2) is 5.65 Å². The van der Waals surface area contributed by atoms with E-state index in [1.165, 1.54) is 32.1 Å². The lowest BCUT2D eigenvalue weighted by Gasteiger charge is -2.29. The van der Waals surface area contributed by atoms with Crippen molar-refractivity contribution in [2.45, 2.75) is 64.3 Å². The van der Waals surface area contributed by atoms with Gasteiger partial charge in [0, 0.05) is 13.1 Å². The van der Waals surface area contributed by atoms with Crippen molar-refractivity contribution in [2.24, 2.45) is 13.0 Å². The number of nitrogens with zero attached hydrogens (tertiary/aromatic N) is 4. The lowest BCUT2D eigenvalue weighted by molar-refractivity contribution is 0.263. The Balaban J connectivity index is 2.08. The van der Waals surface area contributed by atoms with E-state index < -0.39 is 0 Å². The molecule has 1 unspecified atom stereocenters. The van der Waals surface area contributed by atoms with Crippen LogP contribution in [0, 0.1) is 5.92 Å². The van der Waals surface area contributed by atoms with Crippen molar-refractivity contribution in [3.63, 3.8) is 0 Å². The molecule has 2 aromatic heterocycles. The summed E-state index contributed by atoms with van der Waals surface area (Å²) in [6.07, 6.45) is 7.65. The molecular formula is C16H25ClN4. The zero-order valence-corrected chi connectivity index (χ0v) is 14.0. The standard InChI is InChI=1S/C16H25ClN4/c1-4-13-15-16(20(3)19-13)21(14(10-17)18-15)11(2)12-8-6-5-7-9-12/h11-12H,4-10H2,1-3H3. The molecule has 5 heteroatoms. The number of imidazole rings is 1. The molecule has 1 saturated carbocycles. The summed E-state index contributed by atoms with van der Waals surface area (Å²) < 4.78 is 4.33. The van der Waals surface area contributed by atoms with Gasteiger partial charge < -0.3 is 4.57 Å². The summed E-state index contributed by atoms with van der Waals surface area (Å²) in [6.45, 7) is 4.46. The Hall–Kier alpha value is -1.03. The summed E-state index contributed by atoms with van der Waals surface area (Å²) in [5, 5.41) is 4.62. The van der Waals surface area contributed by atoms with Gasteiger partial charge in [0.05, 0.1) is 11.6 Å². The zero-order valence-electron chi connectivity index (χ0n) is 13.3. The molecule has 0 N–H and O–H groups in total. The third kappa shape index (κ3) is 2.48. The van der Waals surface area contributed by atoms with Gasteiger partial charge >= 0.3 is 0 Å². The fraction of sp³-hybridized carbons (Fsp3) is 0.750. The van der Waals surface area contributed by atoms with E-state index in [0.717, 1.165) is 35.0 Å². The van der Waals surface area contributed by atoms with Crippen molar-refractivity contribution < 1.29 is 0 Å². The fourth-order valence-electron chi connectivity index (χ4n) is 3.84. The van der Waals surface area contributed by atoms with Gasteiger partial charge in [-0.2, -0.15) is 5.10 Å². The van der Waals surface area contributed by atoms with E-state index >= 15 is 0 Å². The van der Waals surface area contributed by atoms with Gasteiger partial charge in [-0.3, -0.25) is 4.68 Å². The molecule has 3 rings (SSSR count). The molecular weight excluding hydrogens is 284 g/mol. The second-order valence-corrected chi connectivity index (χ2v) is 6.53. The maximum Gasteiger partial charge on any atom is 0.158 e. The minimum atomic E-state index is 0.448. The van der Waals surface area contributed by atoms with Crippen molar-refractivity contribution >= 4 is 22.8 Å². The second kappa shape index (κ2) is 5.99. The smallest absolute Gasteiger partial charge is 0.158 e. The van der Waals surface area contributed by atoms with E-state index in [1.54, 1.807) is 0 Å². The Morgan fingerprint density at radius 1 is 1.29 bits per heavy atom.